The van der Waals surface area contributed by atoms with Crippen LogP contribution in [0.3, 0.4) is 0 Å². The lowest BCUT2D eigenvalue weighted by Crippen LogP contribution is -2.02. The fraction of sp³-hybridized carbons (Fsp3) is 0.167. The SMILES string of the molecule is Nc1nc(-c2cc(Cl)cc(Cl)c2)nc2c1CSC2. The molecule has 0 bridgehead atoms. The highest BCUT2D eigenvalue weighted by Gasteiger charge is 2.18. The zero-order valence-electron chi connectivity index (χ0n) is 9.28. The fourth-order valence-corrected chi connectivity index (χ4v) is 3.47. The van der Waals surface area contributed by atoms with Crippen LogP contribution in [0.25, 0.3) is 11.4 Å². The van der Waals surface area contributed by atoms with Gasteiger partial charge in [0.15, 0.2) is 5.82 Å². The maximum Gasteiger partial charge on any atom is 0.161 e. The minimum absolute atomic E-state index is 0.552. The van der Waals surface area contributed by atoms with E-state index in [1.54, 1.807) is 30.0 Å². The number of aromatic nitrogens is 2. The van der Waals surface area contributed by atoms with Crippen LogP contribution >= 0.6 is 35.0 Å². The summed E-state index contributed by atoms with van der Waals surface area (Å²) in [4.78, 5) is 8.87. The molecule has 18 heavy (non-hydrogen) atoms. The van der Waals surface area contributed by atoms with Crippen molar-refractivity contribution in [2.45, 2.75) is 11.5 Å². The van der Waals surface area contributed by atoms with Gasteiger partial charge in [-0.3, -0.25) is 0 Å². The second kappa shape index (κ2) is 4.61. The summed E-state index contributed by atoms with van der Waals surface area (Å²) in [5.74, 6) is 2.90. The first kappa shape index (κ1) is 12.1. The molecule has 92 valence electrons. The zero-order chi connectivity index (χ0) is 12.7. The van der Waals surface area contributed by atoms with Crippen molar-refractivity contribution < 1.29 is 0 Å². The van der Waals surface area contributed by atoms with E-state index >= 15 is 0 Å². The molecule has 0 spiro atoms. The minimum atomic E-state index is 0.552. The maximum absolute atomic E-state index is 5.98. The predicted molar refractivity (Wildman–Crippen MR) is 76.9 cm³/mol. The van der Waals surface area contributed by atoms with Crippen molar-refractivity contribution in [2.75, 3.05) is 5.73 Å². The van der Waals surface area contributed by atoms with Gasteiger partial charge >= 0.3 is 0 Å². The first-order valence-corrected chi connectivity index (χ1v) is 7.24. The minimum Gasteiger partial charge on any atom is -0.383 e. The Kier molecular flexibility index (Phi) is 3.09. The quantitative estimate of drug-likeness (QED) is 0.870. The van der Waals surface area contributed by atoms with E-state index in [0.29, 0.717) is 21.7 Å². The molecule has 0 fully saturated rings. The van der Waals surface area contributed by atoms with Gasteiger partial charge in [0.05, 0.1) is 5.69 Å². The number of anilines is 1. The Labute approximate surface area is 119 Å². The maximum atomic E-state index is 5.98. The molecule has 1 aliphatic rings. The molecule has 3 rings (SSSR count). The molecule has 1 aromatic carbocycles. The third-order valence-corrected chi connectivity index (χ3v) is 4.14. The van der Waals surface area contributed by atoms with Gasteiger partial charge in [-0.15, -0.1) is 0 Å². The summed E-state index contributed by atoms with van der Waals surface area (Å²) in [5, 5.41) is 1.13. The van der Waals surface area contributed by atoms with Crippen LogP contribution < -0.4 is 5.73 Å². The van der Waals surface area contributed by atoms with E-state index in [1.165, 1.54) is 0 Å². The van der Waals surface area contributed by atoms with E-state index in [1.807, 2.05) is 0 Å². The lowest BCUT2D eigenvalue weighted by atomic mass is 10.2. The molecule has 0 saturated heterocycles. The highest BCUT2D eigenvalue weighted by molar-refractivity contribution is 7.98. The molecule has 0 radical (unpaired) electrons. The van der Waals surface area contributed by atoms with Gasteiger partial charge in [-0.25, -0.2) is 9.97 Å². The molecule has 3 nitrogen and oxygen atoms in total. The molecule has 2 aromatic rings. The van der Waals surface area contributed by atoms with Crippen LogP contribution in [0, 0.1) is 0 Å². The Morgan fingerprint density at radius 1 is 1.06 bits per heavy atom. The number of halogens is 2. The van der Waals surface area contributed by atoms with Gasteiger partial charge < -0.3 is 5.73 Å². The van der Waals surface area contributed by atoms with Crippen molar-refractivity contribution in [2.24, 2.45) is 0 Å². The number of nitrogens with two attached hydrogens (primary N) is 1. The van der Waals surface area contributed by atoms with E-state index in [2.05, 4.69) is 9.97 Å². The molecule has 1 aliphatic heterocycles. The van der Waals surface area contributed by atoms with Crippen molar-refractivity contribution in [1.82, 2.24) is 9.97 Å². The van der Waals surface area contributed by atoms with Crippen molar-refractivity contribution in [3.63, 3.8) is 0 Å². The smallest absolute Gasteiger partial charge is 0.161 e. The van der Waals surface area contributed by atoms with Gasteiger partial charge in [-0.1, -0.05) is 23.2 Å². The number of thioether (sulfide) groups is 1. The monoisotopic (exact) mass is 297 g/mol. The zero-order valence-corrected chi connectivity index (χ0v) is 11.6. The van der Waals surface area contributed by atoms with Crippen molar-refractivity contribution >= 4 is 40.8 Å². The van der Waals surface area contributed by atoms with Gasteiger partial charge in [-0.2, -0.15) is 11.8 Å². The molecule has 2 heterocycles. The van der Waals surface area contributed by atoms with Crippen molar-refractivity contribution in [3.05, 3.63) is 39.5 Å². The number of nitrogen functional groups attached to an aromatic ring is 1. The van der Waals surface area contributed by atoms with Crippen LogP contribution in [0.2, 0.25) is 10.0 Å². The van der Waals surface area contributed by atoms with Gasteiger partial charge in [0.2, 0.25) is 0 Å². The molecular weight excluding hydrogens is 289 g/mol. The Morgan fingerprint density at radius 3 is 2.50 bits per heavy atom. The molecular formula is C12H9Cl2N3S. The second-order valence-electron chi connectivity index (χ2n) is 4.01. The summed E-state index contributed by atoms with van der Waals surface area (Å²) in [7, 11) is 0. The Bertz CT molecular complexity index is 611. The Balaban J connectivity index is 2.15. The summed E-state index contributed by atoms with van der Waals surface area (Å²) in [6.07, 6.45) is 0. The second-order valence-corrected chi connectivity index (χ2v) is 5.87. The van der Waals surface area contributed by atoms with Crippen LogP contribution in [0.4, 0.5) is 5.82 Å². The molecule has 0 aliphatic carbocycles. The first-order valence-electron chi connectivity index (χ1n) is 5.33. The van der Waals surface area contributed by atoms with E-state index in [9.17, 15) is 0 Å². The van der Waals surface area contributed by atoms with Crippen LogP contribution in [0.1, 0.15) is 11.3 Å². The van der Waals surface area contributed by atoms with Crippen LogP contribution in [-0.4, -0.2) is 9.97 Å². The molecule has 2 N–H and O–H groups in total. The van der Waals surface area contributed by atoms with Gasteiger partial charge in [-0.05, 0) is 18.2 Å². The normalized spacial score (nSPS) is 13.7. The van der Waals surface area contributed by atoms with Gasteiger partial charge in [0, 0.05) is 32.7 Å². The van der Waals surface area contributed by atoms with Gasteiger partial charge in [0.1, 0.15) is 5.82 Å². The Morgan fingerprint density at radius 2 is 1.78 bits per heavy atom. The Hall–Kier alpha value is -0.970. The third kappa shape index (κ3) is 2.16. The summed E-state index contributed by atoms with van der Waals surface area (Å²) < 4.78 is 0. The van der Waals surface area contributed by atoms with Crippen LogP contribution in [-0.2, 0) is 11.5 Å². The van der Waals surface area contributed by atoms with E-state index in [0.717, 1.165) is 28.3 Å². The van der Waals surface area contributed by atoms with E-state index in [-0.39, 0.29) is 0 Å². The predicted octanol–water partition coefficient (Wildman–Crippen LogP) is 3.78. The number of nitrogens with zero attached hydrogens (tertiary/aromatic N) is 2. The average molecular weight is 298 g/mol. The van der Waals surface area contributed by atoms with Crippen molar-refractivity contribution in [3.8, 4) is 11.4 Å². The average Bonchev–Trinajstić information content (AvgIpc) is 2.76. The standard InChI is InChI=1S/C12H9Cl2N3S/c13-7-1-6(2-8(14)3-7)12-16-10-5-18-4-9(10)11(15)17-12/h1-3H,4-5H2,(H2,15,16,17). The summed E-state index contributed by atoms with van der Waals surface area (Å²) in [6, 6.07) is 5.26. The molecule has 6 heteroatoms. The lowest BCUT2D eigenvalue weighted by molar-refractivity contribution is 1.08. The summed E-state index contributed by atoms with van der Waals surface area (Å²) in [5.41, 5.74) is 8.81. The van der Waals surface area contributed by atoms with Gasteiger partial charge in [0.25, 0.3) is 0 Å². The highest BCUT2D eigenvalue weighted by Crippen LogP contribution is 2.34. The number of benzene rings is 1. The number of rotatable bonds is 1. The highest BCUT2D eigenvalue weighted by atomic mass is 35.5. The topological polar surface area (TPSA) is 51.8 Å². The van der Waals surface area contributed by atoms with E-state index in [4.69, 9.17) is 28.9 Å². The van der Waals surface area contributed by atoms with E-state index < -0.39 is 0 Å². The summed E-state index contributed by atoms with van der Waals surface area (Å²) >= 11 is 13.8. The third-order valence-electron chi connectivity index (χ3n) is 2.73. The van der Waals surface area contributed by atoms with Crippen LogP contribution in [0.5, 0.6) is 0 Å². The van der Waals surface area contributed by atoms with Crippen molar-refractivity contribution in [1.29, 1.82) is 0 Å². The number of fused-ring (bicyclic) bond motifs is 1. The molecule has 0 saturated carbocycles. The molecule has 0 unspecified atom stereocenters. The largest absolute Gasteiger partial charge is 0.383 e. The number of hydrogen-bond acceptors (Lipinski definition) is 4. The molecule has 0 atom stereocenters. The van der Waals surface area contributed by atoms with Crippen LogP contribution in [0.15, 0.2) is 18.2 Å². The fourth-order valence-electron chi connectivity index (χ4n) is 1.89. The number of hydrogen-bond donors (Lipinski definition) is 1. The lowest BCUT2D eigenvalue weighted by Gasteiger charge is -2.07. The molecule has 0 amide bonds. The first-order chi connectivity index (χ1) is 8.63. The molecule has 1 aromatic heterocycles. The summed E-state index contributed by atoms with van der Waals surface area (Å²) in [6.45, 7) is 0.